The molecule has 0 saturated carbocycles. The highest BCUT2D eigenvalue weighted by atomic mass is 16.4. The molecule has 1 aromatic heterocycles. The third kappa shape index (κ3) is 4.99. The Balaban J connectivity index is 1.23. The maximum atomic E-state index is 13.0. The van der Waals surface area contributed by atoms with Crippen molar-refractivity contribution >= 4 is 11.0 Å². The van der Waals surface area contributed by atoms with Crippen LogP contribution < -0.4 is 15.6 Å². The normalized spacial score (nSPS) is 14.8. The fraction of sp³-hybridized carbons (Fsp3) is 0.182. The molecule has 5 heteroatoms. The van der Waals surface area contributed by atoms with Gasteiger partial charge in [0, 0.05) is 30.1 Å². The van der Waals surface area contributed by atoms with Gasteiger partial charge in [0.2, 0.25) is 0 Å². The molecule has 5 aromatic rings. The number of quaternary nitrogens is 1. The lowest BCUT2D eigenvalue weighted by atomic mass is 9.96. The van der Waals surface area contributed by atoms with Gasteiger partial charge in [-0.1, -0.05) is 97.1 Å². The second-order valence-corrected chi connectivity index (χ2v) is 9.99. The van der Waals surface area contributed by atoms with Crippen molar-refractivity contribution in [3.63, 3.8) is 0 Å². The molecule has 0 bridgehead atoms. The first kappa shape index (κ1) is 24.2. The van der Waals surface area contributed by atoms with Crippen molar-refractivity contribution in [2.45, 2.75) is 12.6 Å². The molecule has 1 N–H and O–H groups in total. The predicted molar refractivity (Wildman–Crippen MR) is 148 cm³/mol. The molecule has 1 fully saturated rings. The van der Waals surface area contributed by atoms with Crippen molar-refractivity contribution in [3.8, 4) is 16.9 Å². The van der Waals surface area contributed by atoms with E-state index in [9.17, 15) is 9.90 Å². The van der Waals surface area contributed by atoms with E-state index in [0.717, 1.165) is 42.7 Å². The van der Waals surface area contributed by atoms with Gasteiger partial charge in [-0.25, -0.2) is 4.79 Å². The van der Waals surface area contributed by atoms with Gasteiger partial charge in [0.25, 0.3) is 0 Å². The van der Waals surface area contributed by atoms with Crippen LogP contribution in [-0.2, 0) is 6.54 Å². The summed E-state index contributed by atoms with van der Waals surface area (Å²) in [5.41, 5.74) is 4.93. The predicted octanol–water partition coefficient (Wildman–Crippen LogP) is 4.02. The quantitative estimate of drug-likeness (QED) is 0.356. The Morgan fingerprint density at radius 2 is 1.37 bits per heavy atom. The van der Waals surface area contributed by atoms with E-state index in [-0.39, 0.29) is 17.4 Å². The average Bonchev–Trinajstić information content (AvgIpc) is 2.96. The van der Waals surface area contributed by atoms with E-state index in [1.165, 1.54) is 16.0 Å². The number of benzene rings is 4. The molecule has 0 amide bonds. The summed E-state index contributed by atoms with van der Waals surface area (Å²) < 4.78 is 5.54. The lowest BCUT2D eigenvalue weighted by Gasteiger charge is -2.38. The number of nitrogens with one attached hydrogen (secondary N) is 1. The van der Waals surface area contributed by atoms with Crippen LogP contribution in [0.1, 0.15) is 22.7 Å². The standard InChI is InChI=1S/C33H30N2O3/c36-30-21-29-27(20-32(37)38-31(29)22-28(30)24-10-4-1-5-11-24)23-34-16-18-35(19-17-34)33(25-12-6-2-7-13-25)26-14-8-3-9-15-26/h1-15,20-22,33,36H,16-19,23H2. The smallest absolute Gasteiger partial charge is 0.336 e. The van der Waals surface area contributed by atoms with Gasteiger partial charge in [0.1, 0.15) is 12.1 Å². The lowest BCUT2D eigenvalue weighted by molar-refractivity contribution is -0.918. The highest BCUT2D eigenvalue weighted by Crippen LogP contribution is 2.32. The molecule has 4 aromatic carbocycles. The molecule has 38 heavy (non-hydrogen) atoms. The fourth-order valence-electron chi connectivity index (χ4n) is 5.67. The van der Waals surface area contributed by atoms with Crippen LogP contribution in [-0.4, -0.2) is 31.1 Å². The van der Waals surface area contributed by atoms with E-state index in [1.54, 1.807) is 18.2 Å². The molecule has 0 unspecified atom stereocenters. The van der Waals surface area contributed by atoms with Gasteiger partial charge < -0.3 is 14.4 Å². The van der Waals surface area contributed by atoms with Crippen molar-refractivity contribution < 1.29 is 14.4 Å². The third-order valence-corrected chi connectivity index (χ3v) is 7.56. The minimum atomic E-state index is -0.378. The van der Waals surface area contributed by atoms with Gasteiger partial charge >= 0.3 is 5.63 Å². The van der Waals surface area contributed by atoms with E-state index < -0.39 is 0 Å². The maximum absolute atomic E-state index is 13.0. The van der Waals surface area contributed by atoms with Crippen LogP contribution in [0.25, 0.3) is 22.1 Å². The molecule has 0 spiro atoms. The first-order valence-corrected chi connectivity index (χ1v) is 13.2. The lowest BCUT2D eigenvalue weighted by Crippen LogP contribution is -3.13. The minimum Gasteiger partial charge on any atom is -0.872 e. The molecule has 190 valence electrons. The zero-order chi connectivity index (χ0) is 25.9. The summed E-state index contributed by atoms with van der Waals surface area (Å²) in [6, 6.07) is 36.0. The van der Waals surface area contributed by atoms with Gasteiger partial charge in [-0.3, -0.25) is 4.90 Å². The summed E-state index contributed by atoms with van der Waals surface area (Å²) in [6.45, 7) is 4.46. The van der Waals surface area contributed by atoms with Gasteiger partial charge in [0.15, 0.2) is 0 Å². The second kappa shape index (κ2) is 10.7. The molecule has 0 atom stereocenters. The summed E-state index contributed by atoms with van der Waals surface area (Å²) in [6.07, 6.45) is 0. The Kier molecular flexibility index (Phi) is 6.78. The number of fused-ring (bicyclic) bond motifs is 1. The van der Waals surface area contributed by atoms with E-state index in [4.69, 9.17) is 4.42 Å². The van der Waals surface area contributed by atoms with Crippen molar-refractivity contribution in [1.29, 1.82) is 0 Å². The molecule has 0 aliphatic carbocycles. The molecular formula is C33H30N2O3. The van der Waals surface area contributed by atoms with Crippen LogP contribution in [0.3, 0.4) is 0 Å². The number of nitrogens with zero attached hydrogens (tertiary/aromatic N) is 1. The number of hydrogen-bond acceptors (Lipinski definition) is 4. The molecule has 1 saturated heterocycles. The summed E-state index contributed by atoms with van der Waals surface area (Å²) >= 11 is 0. The second-order valence-electron chi connectivity index (χ2n) is 9.99. The largest absolute Gasteiger partial charge is 0.872 e. The van der Waals surface area contributed by atoms with Gasteiger partial charge in [-0.05, 0) is 28.3 Å². The molecule has 2 heterocycles. The summed E-state index contributed by atoms with van der Waals surface area (Å²) in [5.74, 6) is -0.0628. The highest BCUT2D eigenvalue weighted by molar-refractivity contribution is 5.88. The van der Waals surface area contributed by atoms with E-state index in [1.807, 2.05) is 30.3 Å². The van der Waals surface area contributed by atoms with Crippen LogP contribution in [0.4, 0.5) is 0 Å². The summed E-state index contributed by atoms with van der Waals surface area (Å²) in [5, 5.41) is 13.7. The molecule has 0 radical (unpaired) electrons. The zero-order valence-corrected chi connectivity index (χ0v) is 21.2. The van der Waals surface area contributed by atoms with Gasteiger partial charge in [-0.2, -0.15) is 0 Å². The first-order chi connectivity index (χ1) is 18.7. The van der Waals surface area contributed by atoms with Gasteiger partial charge in [0.05, 0.1) is 19.1 Å². The van der Waals surface area contributed by atoms with E-state index >= 15 is 0 Å². The van der Waals surface area contributed by atoms with Crippen LogP contribution in [0.2, 0.25) is 0 Å². The minimum absolute atomic E-state index is 0.0628. The Labute approximate surface area is 222 Å². The summed E-state index contributed by atoms with van der Waals surface area (Å²) in [7, 11) is 0. The Hall–Kier alpha value is -4.19. The Bertz CT molecular complexity index is 1540. The van der Waals surface area contributed by atoms with Crippen molar-refractivity contribution in [2.75, 3.05) is 26.2 Å². The topological polar surface area (TPSA) is 61.0 Å². The summed E-state index contributed by atoms with van der Waals surface area (Å²) in [4.78, 5) is 16.4. The molecule has 1 aliphatic heterocycles. The van der Waals surface area contributed by atoms with E-state index in [0.29, 0.717) is 17.7 Å². The number of rotatable bonds is 6. The van der Waals surface area contributed by atoms with Crippen LogP contribution >= 0.6 is 0 Å². The Morgan fingerprint density at radius 3 is 1.97 bits per heavy atom. The molecule has 6 rings (SSSR count). The van der Waals surface area contributed by atoms with Crippen molar-refractivity contribution in [1.82, 2.24) is 4.90 Å². The van der Waals surface area contributed by atoms with E-state index in [2.05, 4.69) is 65.6 Å². The van der Waals surface area contributed by atoms with Crippen LogP contribution in [0.15, 0.2) is 118 Å². The number of piperazine rings is 1. The van der Waals surface area contributed by atoms with Crippen molar-refractivity contribution in [3.05, 3.63) is 136 Å². The SMILES string of the molecule is O=c1cc(C[NH+]2CCN(C(c3ccccc3)c3ccccc3)CC2)c2cc([O-])c(-c3ccccc3)cc2o1. The van der Waals surface area contributed by atoms with Crippen molar-refractivity contribution in [2.24, 2.45) is 0 Å². The molecule has 1 aliphatic rings. The number of hydrogen-bond donors (Lipinski definition) is 1. The van der Waals surface area contributed by atoms with Gasteiger partial charge in [-0.15, -0.1) is 5.75 Å². The Morgan fingerprint density at radius 1 is 0.789 bits per heavy atom. The fourth-order valence-corrected chi connectivity index (χ4v) is 5.67. The van der Waals surface area contributed by atoms with Crippen LogP contribution in [0, 0.1) is 0 Å². The zero-order valence-electron chi connectivity index (χ0n) is 21.2. The third-order valence-electron chi connectivity index (χ3n) is 7.56. The monoisotopic (exact) mass is 502 g/mol. The molecular weight excluding hydrogens is 472 g/mol. The average molecular weight is 503 g/mol. The maximum Gasteiger partial charge on any atom is 0.336 e. The molecule has 5 nitrogen and oxygen atoms in total. The van der Waals surface area contributed by atoms with Crippen LogP contribution in [0.5, 0.6) is 5.75 Å². The first-order valence-electron chi connectivity index (χ1n) is 13.2. The highest BCUT2D eigenvalue weighted by Gasteiger charge is 2.28.